The topological polar surface area (TPSA) is 129 Å². The molecule has 1 aromatic carbocycles. The van der Waals surface area contributed by atoms with Gasteiger partial charge in [0, 0.05) is 29.6 Å². The van der Waals surface area contributed by atoms with Crippen molar-refractivity contribution in [3.63, 3.8) is 0 Å². The van der Waals surface area contributed by atoms with E-state index >= 15 is 0 Å². The molecule has 0 radical (unpaired) electrons. The van der Waals surface area contributed by atoms with E-state index in [2.05, 4.69) is 37.0 Å². The Morgan fingerprint density at radius 1 is 1.14 bits per heavy atom. The highest BCUT2D eigenvalue weighted by atomic mass is 16.5. The van der Waals surface area contributed by atoms with Crippen LogP contribution in [0.4, 0.5) is 5.95 Å². The summed E-state index contributed by atoms with van der Waals surface area (Å²) in [4.78, 5) is 12.4. The van der Waals surface area contributed by atoms with Crippen LogP contribution in [0, 0.1) is 32.6 Å². The molecule has 3 heterocycles. The van der Waals surface area contributed by atoms with E-state index in [0.717, 1.165) is 22.3 Å². The highest BCUT2D eigenvalue weighted by Crippen LogP contribution is 2.23. The molecular weight excluding hydrogens is 370 g/mol. The van der Waals surface area contributed by atoms with Gasteiger partial charge < -0.3 is 15.4 Å². The number of nitrogens with zero attached hydrogens (tertiary/aromatic N) is 6. The molecule has 1 atom stereocenters. The molecule has 146 valence electrons. The molecule has 9 nitrogen and oxygen atoms in total. The zero-order valence-electron chi connectivity index (χ0n) is 16.4. The van der Waals surface area contributed by atoms with Crippen molar-refractivity contribution in [2.24, 2.45) is 0 Å². The maximum atomic E-state index is 10.6. The molecule has 3 N–H and O–H groups in total. The summed E-state index contributed by atoms with van der Waals surface area (Å²) in [7, 11) is 0. The van der Waals surface area contributed by atoms with E-state index in [1.807, 2.05) is 38.1 Å². The Morgan fingerprint density at radius 3 is 2.62 bits per heavy atom. The van der Waals surface area contributed by atoms with Gasteiger partial charge in [0.1, 0.15) is 0 Å². The van der Waals surface area contributed by atoms with Crippen LogP contribution in [0.25, 0.3) is 16.7 Å². The zero-order chi connectivity index (χ0) is 20.8. The third kappa shape index (κ3) is 3.53. The van der Waals surface area contributed by atoms with Crippen LogP contribution in [-0.2, 0) is 5.60 Å². The minimum atomic E-state index is -1.54. The van der Waals surface area contributed by atoms with Gasteiger partial charge in [-0.15, -0.1) is 0 Å². The molecule has 0 amide bonds. The molecule has 0 aliphatic heterocycles. The largest absolute Gasteiger partial charge is 0.371 e. The van der Waals surface area contributed by atoms with Gasteiger partial charge in [-0.3, -0.25) is 0 Å². The van der Waals surface area contributed by atoms with Gasteiger partial charge in [0.05, 0.1) is 11.2 Å². The fourth-order valence-corrected chi connectivity index (χ4v) is 2.95. The first-order valence-electron chi connectivity index (χ1n) is 8.90. The summed E-state index contributed by atoms with van der Waals surface area (Å²) in [5.74, 6) is 7.02. The Kier molecular flexibility index (Phi) is 4.28. The second kappa shape index (κ2) is 6.68. The van der Waals surface area contributed by atoms with Crippen LogP contribution in [0.5, 0.6) is 0 Å². The molecule has 0 aliphatic carbocycles. The SMILES string of the molecule is Cc1cc(-n2nc(C)c3ccc(C#CC(C)(O)c4noc(C)n4)cc32)nc(N)n1. The van der Waals surface area contributed by atoms with Crippen molar-refractivity contribution in [3.8, 4) is 17.7 Å². The Bertz CT molecular complexity index is 1270. The molecule has 0 saturated carbocycles. The fraction of sp³-hybridized carbons (Fsp3) is 0.250. The van der Waals surface area contributed by atoms with Crippen LogP contribution in [-0.4, -0.2) is 35.0 Å². The van der Waals surface area contributed by atoms with Gasteiger partial charge in [-0.25, -0.2) is 9.67 Å². The summed E-state index contributed by atoms with van der Waals surface area (Å²) in [5.41, 5.74) is 7.37. The summed E-state index contributed by atoms with van der Waals surface area (Å²) in [6.45, 7) is 6.94. The Labute approximate surface area is 166 Å². The molecular formula is C20H19N7O2. The van der Waals surface area contributed by atoms with E-state index in [0.29, 0.717) is 17.3 Å². The predicted octanol–water partition coefficient (Wildman–Crippen LogP) is 1.97. The monoisotopic (exact) mass is 389 g/mol. The van der Waals surface area contributed by atoms with Crippen molar-refractivity contribution in [1.82, 2.24) is 29.9 Å². The van der Waals surface area contributed by atoms with Crippen LogP contribution in [0.2, 0.25) is 0 Å². The number of benzene rings is 1. The number of nitrogens with two attached hydrogens (primary N) is 1. The molecule has 4 aromatic rings. The van der Waals surface area contributed by atoms with Crippen LogP contribution in [0.15, 0.2) is 28.8 Å². The molecule has 0 aliphatic rings. The fourth-order valence-electron chi connectivity index (χ4n) is 2.95. The quantitative estimate of drug-likeness (QED) is 0.498. The molecule has 4 rings (SSSR count). The Balaban J connectivity index is 1.79. The lowest BCUT2D eigenvalue weighted by Crippen LogP contribution is -2.20. The number of aromatic nitrogens is 6. The van der Waals surface area contributed by atoms with Gasteiger partial charge in [-0.05, 0) is 39.0 Å². The first-order valence-corrected chi connectivity index (χ1v) is 8.90. The lowest BCUT2D eigenvalue weighted by Gasteiger charge is -2.10. The van der Waals surface area contributed by atoms with E-state index in [4.69, 9.17) is 10.3 Å². The van der Waals surface area contributed by atoms with Crippen LogP contribution in [0.3, 0.4) is 0 Å². The van der Waals surface area contributed by atoms with Gasteiger partial charge in [0.2, 0.25) is 17.7 Å². The van der Waals surface area contributed by atoms with Gasteiger partial charge >= 0.3 is 0 Å². The molecule has 29 heavy (non-hydrogen) atoms. The maximum Gasteiger partial charge on any atom is 0.223 e. The highest BCUT2D eigenvalue weighted by Gasteiger charge is 2.26. The van der Waals surface area contributed by atoms with Gasteiger partial charge in [0.25, 0.3) is 0 Å². The summed E-state index contributed by atoms with van der Waals surface area (Å²) in [5, 5.41) is 19.9. The number of fused-ring (bicyclic) bond motifs is 1. The van der Waals surface area contributed by atoms with Crippen molar-refractivity contribution in [1.29, 1.82) is 0 Å². The molecule has 3 aromatic heterocycles. The number of hydrogen-bond acceptors (Lipinski definition) is 8. The van der Waals surface area contributed by atoms with E-state index in [1.165, 1.54) is 6.92 Å². The molecule has 0 fully saturated rings. The third-order valence-electron chi connectivity index (χ3n) is 4.35. The molecule has 0 bridgehead atoms. The lowest BCUT2D eigenvalue weighted by molar-refractivity contribution is 0.108. The van der Waals surface area contributed by atoms with Gasteiger partial charge in [-0.2, -0.15) is 15.1 Å². The van der Waals surface area contributed by atoms with Gasteiger partial charge in [-0.1, -0.05) is 17.0 Å². The average molecular weight is 389 g/mol. The van der Waals surface area contributed by atoms with Gasteiger partial charge in [0.15, 0.2) is 11.4 Å². The summed E-state index contributed by atoms with van der Waals surface area (Å²) >= 11 is 0. The normalized spacial score (nSPS) is 13.1. The second-order valence-corrected chi connectivity index (χ2v) is 6.91. The predicted molar refractivity (Wildman–Crippen MR) is 106 cm³/mol. The van der Waals surface area contributed by atoms with Crippen LogP contribution >= 0.6 is 0 Å². The number of rotatable bonds is 2. The smallest absolute Gasteiger partial charge is 0.223 e. The van der Waals surface area contributed by atoms with E-state index in [-0.39, 0.29) is 11.8 Å². The number of aliphatic hydroxyl groups is 1. The van der Waals surface area contributed by atoms with Crippen molar-refractivity contribution in [2.75, 3.05) is 5.73 Å². The molecule has 9 heteroatoms. The summed E-state index contributed by atoms with van der Waals surface area (Å²) in [6.07, 6.45) is 0. The van der Waals surface area contributed by atoms with Crippen molar-refractivity contribution in [3.05, 3.63) is 52.9 Å². The van der Waals surface area contributed by atoms with E-state index in [9.17, 15) is 5.11 Å². The van der Waals surface area contributed by atoms with E-state index in [1.54, 1.807) is 11.6 Å². The minimum Gasteiger partial charge on any atom is -0.371 e. The first-order chi connectivity index (χ1) is 13.7. The standard InChI is InChI=1S/C20H19N7O2/c1-11-9-17(24-19(21)22-11)27-16-10-14(5-6-15(16)12(2)25-27)7-8-20(4,28)18-23-13(3)29-26-18/h5-6,9-10,28H,1-4H3,(H2,21,22,24). The Hall–Kier alpha value is -3.77. The number of hydrogen-bond donors (Lipinski definition) is 2. The maximum absolute atomic E-state index is 10.6. The number of nitrogen functional groups attached to an aromatic ring is 1. The average Bonchev–Trinajstić information content (AvgIpc) is 3.23. The van der Waals surface area contributed by atoms with Crippen LogP contribution in [0.1, 0.15) is 35.6 Å². The summed E-state index contributed by atoms with van der Waals surface area (Å²) < 4.78 is 6.63. The molecule has 0 saturated heterocycles. The van der Waals surface area contributed by atoms with Crippen molar-refractivity contribution in [2.45, 2.75) is 33.3 Å². The Morgan fingerprint density at radius 2 is 1.93 bits per heavy atom. The van der Waals surface area contributed by atoms with Crippen molar-refractivity contribution < 1.29 is 9.63 Å². The zero-order valence-corrected chi connectivity index (χ0v) is 16.4. The van der Waals surface area contributed by atoms with Crippen LogP contribution < -0.4 is 5.73 Å². The molecule has 1 unspecified atom stereocenters. The highest BCUT2D eigenvalue weighted by molar-refractivity contribution is 5.84. The van der Waals surface area contributed by atoms with Crippen molar-refractivity contribution >= 4 is 16.9 Å². The van der Waals surface area contributed by atoms with E-state index < -0.39 is 5.60 Å². The summed E-state index contributed by atoms with van der Waals surface area (Å²) in [6, 6.07) is 7.49. The number of aryl methyl sites for hydroxylation is 3. The second-order valence-electron chi connectivity index (χ2n) is 6.91. The lowest BCUT2D eigenvalue weighted by atomic mass is 10.1. The third-order valence-corrected chi connectivity index (χ3v) is 4.35. The minimum absolute atomic E-state index is 0.122. The molecule has 0 spiro atoms. The number of anilines is 1. The first kappa shape index (κ1) is 18.6.